The molecule has 3 rings (SSSR count). The first-order valence-corrected chi connectivity index (χ1v) is 16.2. The molecule has 0 aliphatic heterocycles. The third-order valence-electron chi connectivity index (χ3n) is 8.42. The second-order valence-electron chi connectivity index (χ2n) is 10.8. The topological polar surface area (TPSA) is 0 Å². The molecule has 1 aromatic carbocycles. The molecule has 0 amide bonds. The molecular formula is C29H42F6S2. The van der Waals surface area contributed by atoms with E-state index in [0.717, 1.165) is 81.6 Å². The zero-order chi connectivity index (χ0) is 27.3. The molecule has 212 valence electrons. The normalized spacial score (nSPS) is 19.8. The van der Waals surface area contributed by atoms with Gasteiger partial charge >= 0.3 is 16.4 Å². The first-order valence-electron chi connectivity index (χ1n) is 14.0. The smallest absolute Gasteiger partial charge is 0.191 e. The van der Waals surface area contributed by atoms with Crippen LogP contribution < -0.4 is 0 Å². The average Bonchev–Trinajstić information content (AvgIpc) is 2.91. The number of hydrogen-bond donors (Lipinski definition) is 0. The second kappa shape index (κ2) is 13.2. The monoisotopic (exact) mass is 568 g/mol. The number of hydrogen-bond acceptors (Lipinski definition) is 2. The molecule has 0 aromatic heterocycles. The van der Waals surface area contributed by atoms with Crippen molar-refractivity contribution in [2.24, 2.45) is 0 Å². The van der Waals surface area contributed by atoms with E-state index in [1.807, 2.05) is 0 Å². The Bertz CT molecular complexity index is 834. The summed E-state index contributed by atoms with van der Waals surface area (Å²) in [5, 5.41) is -9.74. The predicted molar refractivity (Wildman–Crippen MR) is 146 cm³/mol. The van der Waals surface area contributed by atoms with Gasteiger partial charge in [0.25, 0.3) is 0 Å². The molecule has 0 N–H and O–H groups in total. The van der Waals surface area contributed by atoms with Gasteiger partial charge in [0.1, 0.15) is 0 Å². The van der Waals surface area contributed by atoms with Crippen LogP contribution >= 0.6 is 23.5 Å². The number of rotatable bonds is 12. The Hall–Kier alpha value is -0.500. The minimum absolute atomic E-state index is 0.133. The molecule has 0 radical (unpaired) electrons. The van der Waals surface area contributed by atoms with Gasteiger partial charge in [-0.1, -0.05) is 94.4 Å². The van der Waals surface area contributed by atoms with Gasteiger partial charge in [0.05, 0.1) is 0 Å². The molecule has 2 aliphatic rings. The number of alkyl halides is 6. The molecule has 0 bridgehead atoms. The number of benzene rings is 1. The van der Waals surface area contributed by atoms with Gasteiger partial charge in [0, 0.05) is 5.75 Å². The molecule has 2 saturated carbocycles. The van der Waals surface area contributed by atoms with E-state index >= 15 is 0 Å². The van der Waals surface area contributed by atoms with Gasteiger partial charge in [0.2, 0.25) is 0 Å². The summed E-state index contributed by atoms with van der Waals surface area (Å²) < 4.78 is 86.0. The fourth-order valence-electron chi connectivity index (χ4n) is 6.20. The van der Waals surface area contributed by atoms with Crippen LogP contribution in [0.3, 0.4) is 0 Å². The molecule has 0 heterocycles. The third-order valence-corrected chi connectivity index (χ3v) is 10.2. The summed E-state index contributed by atoms with van der Waals surface area (Å²) in [5.74, 6) is -5.08. The Morgan fingerprint density at radius 1 is 0.811 bits per heavy atom. The minimum atomic E-state index is -5.45. The van der Waals surface area contributed by atoms with E-state index in [-0.39, 0.29) is 29.4 Å². The van der Waals surface area contributed by atoms with Crippen molar-refractivity contribution in [3.8, 4) is 0 Å². The Morgan fingerprint density at radius 3 is 1.89 bits per heavy atom. The molecule has 0 nitrogen and oxygen atoms in total. The van der Waals surface area contributed by atoms with Crippen molar-refractivity contribution in [1.82, 2.24) is 0 Å². The SMILES string of the molecule is CCCC(CC)c1cc(C2CCCCC2)cc(C2CCCCC2)c1CSC(F)(F)C(F)(F)C(F)(F)SC. The van der Waals surface area contributed by atoms with E-state index in [1.54, 1.807) is 0 Å². The lowest BCUT2D eigenvalue weighted by Gasteiger charge is -2.33. The van der Waals surface area contributed by atoms with Crippen LogP contribution in [-0.4, -0.2) is 22.7 Å². The van der Waals surface area contributed by atoms with Crippen molar-refractivity contribution in [2.75, 3.05) is 6.26 Å². The van der Waals surface area contributed by atoms with Gasteiger partial charge in [-0.15, -0.1) is 0 Å². The second-order valence-corrected chi connectivity index (χ2v) is 12.9. The van der Waals surface area contributed by atoms with Crippen LogP contribution in [0.15, 0.2) is 12.1 Å². The molecule has 0 saturated heterocycles. The van der Waals surface area contributed by atoms with Crippen molar-refractivity contribution in [2.45, 2.75) is 137 Å². The van der Waals surface area contributed by atoms with E-state index in [0.29, 0.717) is 11.5 Å². The molecule has 8 heteroatoms. The van der Waals surface area contributed by atoms with Crippen molar-refractivity contribution >= 4 is 23.5 Å². The van der Waals surface area contributed by atoms with Crippen molar-refractivity contribution < 1.29 is 26.3 Å². The third kappa shape index (κ3) is 6.99. The highest BCUT2D eigenvalue weighted by molar-refractivity contribution is 8.00. The Kier molecular flexibility index (Phi) is 11.1. The van der Waals surface area contributed by atoms with Crippen LogP contribution in [0.4, 0.5) is 26.3 Å². The Labute approximate surface area is 227 Å². The van der Waals surface area contributed by atoms with Crippen LogP contribution in [0.5, 0.6) is 0 Å². The van der Waals surface area contributed by atoms with Crippen molar-refractivity contribution in [3.05, 3.63) is 34.4 Å². The predicted octanol–water partition coefficient (Wildman–Crippen LogP) is 11.5. The van der Waals surface area contributed by atoms with Crippen molar-refractivity contribution in [3.63, 3.8) is 0 Å². The van der Waals surface area contributed by atoms with E-state index in [4.69, 9.17) is 0 Å². The Balaban J connectivity index is 2.08. The van der Waals surface area contributed by atoms with Crippen molar-refractivity contribution in [1.29, 1.82) is 0 Å². The molecular weight excluding hydrogens is 526 g/mol. The zero-order valence-corrected chi connectivity index (χ0v) is 24.0. The van der Waals surface area contributed by atoms with Gasteiger partial charge in [-0.2, -0.15) is 26.3 Å². The number of thioether (sulfide) groups is 2. The summed E-state index contributed by atoms with van der Waals surface area (Å²) in [7, 11) is 0. The average molecular weight is 569 g/mol. The maximum atomic E-state index is 14.8. The summed E-state index contributed by atoms with van der Waals surface area (Å²) in [6.45, 7) is 4.16. The molecule has 2 aliphatic carbocycles. The molecule has 0 spiro atoms. The van der Waals surface area contributed by atoms with E-state index < -0.39 is 28.2 Å². The molecule has 1 unspecified atom stereocenters. The Morgan fingerprint density at radius 2 is 1.38 bits per heavy atom. The van der Waals surface area contributed by atoms with E-state index in [9.17, 15) is 26.3 Å². The standard InChI is InChI=1S/C29H42F6S2/c1-4-12-20(5-2)24-17-23(21-13-8-6-9-14-21)18-25(22-15-10-7-11-16-22)26(24)19-37-29(34,35)27(30,31)28(32,33)36-3/h17-18,20-22H,4-16,19H2,1-3H3. The molecule has 1 aromatic rings. The quantitative estimate of drug-likeness (QED) is 0.230. The molecule has 1 atom stereocenters. The number of halogens is 6. The summed E-state index contributed by atoms with van der Waals surface area (Å²) in [4.78, 5) is 0. The van der Waals surface area contributed by atoms with Crippen LogP contribution in [0, 0.1) is 0 Å². The summed E-state index contributed by atoms with van der Waals surface area (Å²) in [6.07, 6.45) is 14.3. The van der Waals surface area contributed by atoms with Crippen LogP contribution in [0.1, 0.15) is 137 Å². The lowest BCUT2D eigenvalue weighted by Crippen LogP contribution is -2.50. The largest absolute Gasteiger partial charge is 0.391 e. The zero-order valence-electron chi connectivity index (χ0n) is 22.4. The first kappa shape index (κ1) is 31.0. The maximum Gasteiger partial charge on any atom is 0.391 e. The summed E-state index contributed by atoms with van der Waals surface area (Å²) >= 11 is -0.848. The highest BCUT2D eigenvalue weighted by Gasteiger charge is 2.71. The lowest BCUT2D eigenvalue weighted by molar-refractivity contribution is -0.237. The fraction of sp³-hybridized carbons (Fsp3) is 0.793. The van der Waals surface area contributed by atoms with E-state index in [1.165, 1.54) is 24.8 Å². The molecule has 2 fully saturated rings. The van der Waals surface area contributed by atoms with Crippen LogP contribution in [-0.2, 0) is 5.75 Å². The maximum absolute atomic E-state index is 14.8. The highest BCUT2D eigenvalue weighted by atomic mass is 32.2. The van der Waals surface area contributed by atoms with Gasteiger partial charge in [0.15, 0.2) is 0 Å². The van der Waals surface area contributed by atoms with E-state index in [2.05, 4.69) is 26.0 Å². The van der Waals surface area contributed by atoms with Crippen LogP contribution in [0.2, 0.25) is 0 Å². The summed E-state index contributed by atoms with van der Waals surface area (Å²) in [6, 6.07) is 4.34. The van der Waals surface area contributed by atoms with Gasteiger partial charge in [-0.3, -0.25) is 0 Å². The van der Waals surface area contributed by atoms with Crippen LogP contribution in [0.25, 0.3) is 0 Å². The van der Waals surface area contributed by atoms with Gasteiger partial charge in [-0.25, -0.2) is 0 Å². The first-order chi connectivity index (χ1) is 17.5. The fourth-order valence-corrected chi connectivity index (χ4v) is 7.62. The molecule has 37 heavy (non-hydrogen) atoms. The summed E-state index contributed by atoms with van der Waals surface area (Å²) in [5.41, 5.74) is 3.94. The highest BCUT2D eigenvalue weighted by Crippen LogP contribution is 2.56. The van der Waals surface area contributed by atoms with Gasteiger partial charge < -0.3 is 0 Å². The minimum Gasteiger partial charge on any atom is -0.191 e. The lowest BCUT2D eigenvalue weighted by atomic mass is 9.75. The van der Waals surface area contributed by atoms with Gasteiger partial charge in [-0.05, 0) is 84.8 Å².